The molecule has 0 aliphatic rings. The summed E-state index contributed by atoms with van der Waals surface area (Å²) >= 11 is 0. The van der Waals surface area contributed by atoms with Gasteiger partial charge in [-0.15, -0.1) is 0 Å². The summed E-state index contributed by atoms with van der Waals surface area (Å²) in [6.45, 7) is 5.07. The molecule has 0 saturated carbocycles. The van der Waals surface area contributed by atoms with Crippen LogP contribution in [0.15, 0.2) is 77.7 Å². The van der Waals surface area contributed by atoms with Crippen LogP contribution < -0.4 is 14.4 Å². The van der Waals surface area contributed by atoms with Crippen LogP contribution in [0, 0.1) is 13.8 Å². The van der Waals surface area contributed by atoms with E-state index < -0.39 is 28.5 Å². The highest BCUT2D eigenvalue weighted by Crippen LogP contribution is 2.28. The number of sulfonamides is 1. The Bertz CT molecular complexity index is 1360. The molecule has 8 nitrogen and oxygen atoms in total. The van der Waals surface area contributed by atoms with Gasteiger partial charge in [-0.05, 0) is 50.6 Å². The van der Waals surface area contributed by atoms with Crippen molar-refractivity contribution in [2.45, 2.75) is 38.3 Å². The van der Waals surface area contributed by atoms with Crippen molar-refractivity contribution in [3.63, 3.8) is 0 Å². The Kier molecular flexibility index (Phi) is 8.94. The number of carbonyl (C=O) groups is 2. The third-order valence-corrected chi connectivity index (χ3v) is 7.87. The number of aryl methyl sites for hydroxylation is 2. The molecule has 0 bridgehead atoms. The van der Waals surface area contributed by atoms with Crippen molar-refractivity contribution in [3.8, 4) is 5.75 Å². The molecular weight excluding hydrogens is 490 g/mol. The first-order chi connectivity index (χ1) is 17.6. The van der Waals surface area contributed by atoms with Gasteiger partial charge < -0.3 is 15.0 Å². The summed E-state index contributed by atoms with van der Waals surface area (Å²) in [6.07, 6.45) is 0. The molecule has 9 heteroatoms. The van der Waals surface area contributed by atoms with Crippen molar-refractivity contribution >= 4 is 27.5 Å². The number of methoxy groups -OCH3 is 1. The lowest BCUT2D eigenvalue weighted by Gasteiger charge is -2.32. The van der Waals surface area contributed by atoms with Crippen LogP contribution in [0.25, 0.3) is 0 Å². The summed E-state index contributed by atoms with van der Waals surface area (Å²) < 4.78 is 34.0. The number of ether oxygens (including phenoxy) is 1. The number of hydrogen-bond acceptors (Lipinski definition) is 5. The van der Waals surface area contributed by atoms with Crippen LogP contribution in [-0.2, 0) is 26.2 Å². The van der Waals surface area contributed by atoms with Crippen LogP contribution >= 0.6 is 0 Å². The van der Waals surface area contributed by atoms with E-state index in [1.165, 1.54) is 31.2 Å². The summed E-state index contributed by atoms with van der Waals surface area (Å²) in [5.41, 5.74) is 3.03. The Balaban J connectivity index is 2.05. The first-order valence-corrected chi connectivity index (χ1v) is 13.3. The fourth-order valence-corrected chi connectivity index (χ4v) is 5.34. The van der Waals surface area contributed by atoms with Gasteiger partial charge in [0.15, 0.2) is 0 Å². The second-order valence-corrected chi connectivity index (χ2v) is 10.7. The second-order valence-electron chi connectivity index (χ2n) is 8.83. The Hall–Kier alpha value is -3.85. The van der Waals surface area contributed by atoms with Crippen molar-refractivity contribution in [2.24, 2.45) is 0 Å². The highest BCUT2D eigenvalue weighted by Gasteiger charge is 2.32. The molecule has 1 N–H and O–H groups in total. The van der Waals surface area contributed by atoms with Crippen molar-refractivity contribution in [2.75, 3.05) is 25.0 Å². The average Bonchev–Trinajstić information content (AvgIpc) is 2.89. The number of carbonyl (C=O) groups excluding carboxylic acids is 2. The molecule has 0 unspecified atom stereocenters. The highest BCUT2D eigenvalue weighted by molar-refractivity contribution is 7.92. The van der Waals surface area contributed by atoms with Crippen LogP contribution in [0.5, 0.6) is 5.75 Å². The Morgan fingerprint density at radius 3 is 2.24 bits per heavy atom. The van der Waals surface area contributed by atoms with E-state index in [9.17, 15) is 18.0 Å². The number of amides is 2. The van der Waals surface area contributed by atoms with E-state index in [0.29, 0.717) is 5.75 Å². The molecule has 0 aromatic heterocycles. The van der Waals surface area contributed by atoms with Gasteiger partial charge in [0, 0.05) is 19.7 Å². The van der Waals surface area contributed by atoms with Gasteiger partial charge in [0.05, 0.1) is 17.7 Å². The fourth-order valence-electron chi connectivity index (χ4n) is 3.93. The zero-order valence-electron chi connectivity index (χ0n) is 21.8. The predicted molar refractivity (Wildman–Crippen MR) is 144 cm³/mol. The van der Waals surface area contributed by atoms with Gasteiger partial charge in [-0.25, -0.2) is 8.42 Å². The largest absolute Gasteiger partial charge is 0.497 e. The molecule has 0 aliphatic carbocycles. The van der Waals surface area contributed by atoms with Crippen LogP contribution in [0.4, 0.5) is 5.69 Å². The average molecular weight is 524 g/mol. The van der Waals surface area contributed by atoms with E-state index in [2.05, 4.69) is 5.32 Å². The SMILES string of the molecule is CNC(=O)[C@@H](C)N(Cc1cccc(C)c1)C(=O)CN(c1cccc(OC)c1)S(=O)(=O)c1ccc(C)cc1. The number of likely N-dealkylation sites (N-methyl/N-ethyl adjacent to an activating group) is 1. The topological polar surface area (TPSA) is 96.0 Å². The Morgan fingerprint density at radius 2 is 1.62 bits per heavy atom. The number of anilines is 1. The molecule has 3 aromatic carbocycles. The third kappa shape index (κ3) is 6.68. The van der Waals surface area contributed by atoms with Crippen LogP contribution in [0.3, 0.4) is 0 Å². The van der Waals surface area contributed by atoms with E-state index in [-0.39, 0.29) is 23.0 Å². The summed E-state index contributed by atoms with van der Waals surface area (Å²) in [6, 6.07) is 19.7. The normalized spacial score (nSPS) is 11.9. The lowest BCUT2D eigenvalue weighted by molar-refractivity contribution is -0.139. The minimum atomic E-state index is -4.13. The second kappa shape index (κ2) is 11.9. The van der Waals surface area contributed by atoms with Gasteiger partial charge in [0.2, 0.25) is 11.8 Å². The first-order valence-electron chi connectivity index (χ1n) is 11.9. The smallest absolute Gasteiger partial charge is 0.264 e. The van der Waals surface area contributed by atoms with Crippen LogP contribution in [0.2, 0.25) is 0 Å². The quantitative estimate of drug-likeness (QED) is 0.438. The van der Waals surface area contributed by atoms with Gasteiger partial charge in [-0.1, -0.05) is 53.6 Å². The molecule has 196 valence electrons. The summed E-state index contributed by atoms with van der Waals surface area (Å²) in [5, 5.41) is 2.58. The summed E-state index contributed by atoms with van der Waals surface area (Å²) in [4.78, 5) is 27.8. The van der Waals surface area contributed by atoms with Gasteiger partial charge in [-0.2, -0.15) is 0 Å². The highest BCUT2D eigenvalue weighted by atomic mass is 32.2. The summed E-state index contributed by atoms with van der Waals surface area (Å²) in [7, 11) is -1.14. The predicted octanol–water partition coefficient (Wildman–Crippen LogP) is 3.67. The Morgan fingerprint density at radius 1 is 0.946 bits per heavy atom. The molecule has 0 saturated heterocycles. The number of nitrogens with one attached hydrogen (secondary N) is 1. The minimum absolute atomic E-state index is 0.0540. The molecule has 3 rings (SSSR count). The van der Waals surface area contributed by atoms with E-state index in [4.69, 9.17) is 4.74 Å². The standard InChI is InChI=1S/C28H33N3O5S/c1-20-12-14-26(15-13-20)37(34,35)31(24-10-7-11-25(17-24)36-5)19-27(32)30(22(3)28(33)29-4)18-23-9-6-8-21(2)16-23/h6-17,22H,18-19H2,1-5H3,(H,29,33)/t22-/m1/s1. The molecule has 1 atom stereocenters. The van der Waals surface area contributed by atoms with E-state index in [1.807, 2.05) is 38.1 Å². The van der Waals surface area contributed by atoms with Gasteiger partial charge in [0.25, 0.3) is 10.0 Å². The van der Waals surface area contributed by atoms with Gasteiger partial charge in [-0.3, -0.25) is 13.9 Å². The van der Waals surface area contributed by atoms with Crippen molar-refractivity contribution in [3.05, 3.63) is 89.5 Å². The number of hydrogen-bond donors (Lipinski definition) is 1. The van der Waals surface area contributed by atoms with Gasteiger partial charge in [0.1, 0.15) is 18.3 Å². The zero-order chi connectivity index (χ0) is 27.2. The molecule has 37 heavy (non-hydrogen) atoms. The molecule has 0 heterocycles. The van der Waals surface area contributed by atoms with Crippen molar-refractivity contribution < 1.29 is 22.7 Å². The van der Waals surface area contributed by atoms with Crippen molar-refractivity contribution in [1.82, 2.24) is 10.2 Å². The lowest BCUT2D eigenvalue weighted by Crippen LogP contribution is -2.50. The van der Waals surface area contributed by atoms with Crippen LogP contribution in [0.1, 0.15) is 23.6 Å². The van der Waals surface area contributed by atoms with Crippen molar-refractivity contribution in [1.29, 1.82) is 0 Å². The van der Waals surface area contributed by atoms with Gasteiger partial charge >= 0.3 is 0 Å². The molecule has 0 aliphatic heterocycles. The molecule has 3 aromatic rings. The maximum atomic E-state index is 13.8. The van der Waals surface area contributed by atoms with E-state index >= 15 is 0 Å². The maximum Gasteiger partial charge on any atom is 0.264 e. The lowest BCUT2D eigenvalue weighted by atomic mass is 10.1. The van der Waals surface area contributed by atoms with Crippen LogP contribution in [-0.4, -0.2) is 51.9 Å². The zero-order valence-corrected chi connectivity index (χ0v) is 22.6. The van der Waals surface area contributed by atoms with E-state index in [0.717, 1.165) is 21.0 Å². The first kappa shape index (κ1) is 27.7. The number of nitrogens with zero attached hydrogens (tertiary/aromatic N) is 2. The molecule has 0 spiro atoms. The maximum absolute atomic E-state index is 13.8. The fraction of sp³-hybridized carbons (Fsp3) is 0.286. The third-order valence-electron chi connectivity index (χ3n) is 6.08. The molecular formula is C28H33N3O5S. The Labute approximate surface area is 218 Å². The summed E-state index contributed by atoms with van der Waals surface area (Å²) in [5.74, 6) is -0.421. The van der Waals surface area contributed by atoms with E-state index in [1.54, 1.807) is 43.3 Å². The molecule has 2 amide bonds. The number of rotatable bonds is 10. The molecule has 0 radical (unpaired) electrons. The number of benzene rings is 3. The monoisotopic (exact) mass is 523 g/mol. The minimum Gasteiger partial charge on any atom is -0.497 e. The molecule has 0 fully saturated rings.